The van der Waals surface area contributed by atoms with Gasteiger partial charge < -0.3 is 11.1 Å². The maximum absolute atomic E-state index is 11.8. The normalized spacial score (nSPS) is 30.4. The summed E-state index contributed by atoms with van der Waals surface area (Å²) in [5.41, 5.74) is 6.20. The Hall–Kier alpha value is -0.610. The van der Waals surface area contributed by atoms with Gasteiger partial charge in [-0.2, -0.15) is 0 Å². The number of nitrogens with one attached hydrogen (secondary N) is 1. The van der Waals surface area contributed by atoms with Crippen LogP contribution in [-0.2, 0) is 4.79 Å². The summed E-state index contributed by atoms with van der Waals surface area (Å²) in [6, 6.07) is 0.0797. The monoisotopic (exact) mass is 225 g/mol. The van der Waals surface area contributed by atoms with Crippen molar-refractivity contribution in [3.8, 4) is 0 Å². The number of rotatable bonds is 3. The third-order valence-electron chi connectivity index (χ3n) is 3.73. The van der Waals surface area contributed by atoms with Gasteiger partial charge in [0, 0.05) is 25.2 Å². The van der Waals surface area contributed by atoms with Gasteiger partial charge in [0.25, 0.3) is 0 Å². The van der Waals surface area contributed by atoms with Crippen LogP contribution in [0.15, 0.2) is 0 Å². The number of carbonyl (C=O) groups excluding carboxylic acids is 1. The van der Waals surface area contributed by atoms with E-state index in [1.807, 2.05) is 0 Å². The first kappa shape index (κ1) is 11.9. The first-order valence-electron chi connectivity index (χ1n) is 6.45. The fourth-order valence-corrected chi connectivity index (χ4v) is 2.91. The van der Waals surface area contributed by atoms with Gasteiger partial charge in [0.2, 0.25) is 5.91 Å². The largest absolute Gasteiger partial charge is 0.355 e. The van der Waals surface area contributed by atoms with E-state index in [1.54, 1.807) is 0 Å². The minimum atomic E-state index is -0.0265. The molecule has 2 aliphatic heterocycles. The average molecular weight is 225 g/mol. The molecule has 2 aliphatic rings. The molecule has 92 valence electrons. The van der Waals surface area contributed by atoms with Crippen molar-refractivity contribution in [1.82, 2.24) is 10.2 Å². The van der Waals surface area contributed by atoms with Crippen molar-refractivity contribution in [2.75, 3.05) is 19.6 Å². The molecule has 4 heteroatoms. The molecular formula is C12H23N3O. The van der Waals surface area contributed by atoms with Crippen LogP contribution in [0.5, 0.6) is 0 Å². The molecule has 0 aromatic carbocycles. The van der Waals surface area contributed by atoms with Gasteiger partial charge >= 0.3 is 0 Å². The van der Waals surface area contributed by atoms with Crippen LogP contribution in [0.2, 0.25) is 0 Å². The molecule has 0 spiro atoms. The van der Waals surface area contributed by atoms with E-state index in [2.05, 4.69) is 17.1 Å². The lowest BCUT2D eigenvalue weighted by Crippen LogP contribution is -2.70. The zero-order chi connectivity index (χ0) is 11.6. The Balaban J connectivity index is 1.87. The van der Waals surface area contributed by atoms with Crippen molar-refractivity contribution in [2.24, 2.45) is 5.73 Å². The lowest BCUT2D eigenvalue weighted by molar-refractivity contribution is -0.129. The molecule has 2 rings (SSSR count). The van der Waals surface area contributed by atoms with Gasteiger partial charge in [-0.05, 0) is 25.7 Å². The minimum Gasteiger partial charge on any atom is -0.355 e. The predicted octanol–water partition coefficient (Wildman–Crippen LogP) is 0.468. The number of hydrogen-bond acceptors (Lipinski definition) is 3. The molecule has 0 radical (unpaired) electrons. The summed E-state index contributed by atoms with van der Waals surface area (Å²) in [7, 11) is 0. The number of likely N-dealkylation sites (tertiary alicyclic amines) is 1. The summed E-state index contributed by atoms with van der Waals surface area (Å²) in [4.78, 5) is 14.1. The highest BCUT2D eigenvalue weighted by molar-refractivity contribution is 5.82. The first-order valence-corrected chi connectivity index (χ1v) is 6.45. The second-order valence-electron chi connectivity index (χ2n) is 5.32. The molecule has 2 fully saturated rings. The van der Waals surface area contributed by atoms with Crippen LogP contribution in [0.4, 0.5) is 0 Å². The molecule has 16 heavy (non-hydrogen) atoms. The third kappa shape index (κ3) is 2.38. The fraction of sp³-hybridized carbons (Fsp3) is 0.917. The van der Waals surface area contributed by atoms with Crippen LogP contribution in [0.3, 0.4) is 0 Å². The van der Waals surface area contributed by atoms with E-state index in [1.165, 1.54) is 0 Å². The Morgan fingerprint density at radius 3 is 2.94 bits per heavy atom. The van der Waals surface area contributed by atoms with Gasteiger partial charge in [0.05, 0.1) is 6.04 Å². The van der Waals surface area contributed by atoms with Crippen LogP contribution in [0, 0.1) is 0 Å². The Kier molecular flexibility index (Phi) is 3.50. The van der Waals surface area contributed by atoms with Gasteiger partial charge in [-0.3, -0.25) is 9.69 Å². The fourth-order valence-electron chi connectivity index (χ4n) is 2.91. The lowest BCUT2D eigenvalue weighted by Gasteiger charge is -2.50. The maximum Gasteiger partial charge on any atom is 0.237 e. The zero-order valence-electron chi connectivity index (χ0n) is 10.2. The quantitative estimate of drug-likeness (QED) is 0.734. The zero-order valence-corrected chi connectivity index (χ0v) is 10.2. The summed E-state index contributed by atoms with van der Waals surface area (Å²) in [6.07, 6.45) is 5.44. The summed E-state index contributed by atoms with van der Waals surface area (Å²) in [6.45, 7) is 4.78. The third-order valence-corrected chi connectivity index (χ3v) is 3.73. The van der Waals surface area contributed by atoms with Crippen molar-refractivity contribution < 1.29 is 4.79 Å². The van der Waals surface area contributed by atoms with Crippen LogP contribution < -0.4 is 11.1 Å². The molecule has 2 saturated heterocycles. The Labute approximate surface area is 97.6 Å². The standard InChI is InChI=1S/C12H23N3O/c1-2-6-12(13)8-15(9-12)10-5-3-4-7-14-11(10)16/h10H,2-9,13H2,1H3,(H,14,16). The van der Waals surface area contributed by atoms with Gasteiger partial charge in [0.1, 0.15) is 0 Å². The molecule has 2 heterocycles. The molecule has 0 aromatic heterocycles. The molecule has 0 aliphatic carbocycles. The maximum atomic E-state index is 11.8. The molecular weight excluding hydrogens is 202 g/mol. The SMILES string of the molecule is CCCC1(N)CN(C2CCCCNC2=O)C1. The summed E-state index contributed by atoms with van der Waals surface area (Å²) < 4.78 is 0. The molecule has 1 atom stereocenters. The first-order chi connectivity index (χ1) is 7.64. The van der Waals surface area contributed by atoms with Crippen molar-refractivity contribution in [2.45, 2.75) is 50.6 Å². The second kappa shape index (κ2) is 4.72. The Morgan fingerprint density at radius 1 is 1.50 bits per heavy atom. The summed E-state index contributed by atoms with van der Waals surface area (Å²) in [5, 5.41) is 2.98. The molecule has 3 N–H and O–H groups in total. The van der Waals surface area contributed by atoms with E-state index < -0.39 is 0 Å². The molecule has 4 nitrogen and oxygen atoms in total. The molecule has 1 unspecified atom stereocenters. The van der Waals surface area contributed by atoms with E-state index >= 15 is 0 Å². The molecule has 0 bridgehead atoms. The number of amides is 1. The number of carbonyl (C=O) groups is 1. The number of nitrogens with two attached hydrogens (primary N) is 1. The number of hydrogen-bond donors (Lipinski definition) is 2. The van der Waals surface area contributed by atoms with Crippen LogP contribution in [-0.4, -0.2) is 42.0 Å². The predicted molar refractivity (Wildman–Crippen MR) is 64.0 cm³/mol. The van der Waals surface area contributed by atoms with Gasteiger partial charge in [0.15, 0.2) is 0 Å². The highest BCUT2D eigenvalue weighted by Crippen LogP contribution is 2.27. The molecule has 0 aromatic rings. The van der Waals surface area contributed by atoms with Gasteiger partial charge in [-0.15, -0.1) is 0 Å². The Morgan fingerprint density at radius 2 is 2.25 bits per heavy atom. The van der Waals surface area contributed by atoms with Crippen molar-refractivity contribution in [3.63, 3.8) is 0 Å². The van der Waals surface area contributed by atoms with Crippen LogP contribution in [0.1, 0.15) is 39.0 Å². The van der Waals surface area contributed by atoms with E-state index in [9.17, 15) is 4.79 Å². The number of nitrogens with zero attached hydrogens (tertiary/aromatic N) is 1. The van der Waals surface area contributed by atoms with E-state index in [-0.39, 0.29) is 17.5 Å². The molecule has 0 saturated carbocycles. The van der Waals surface area contributed by atoms with E-state index in [0.29, 0.717) is 0 Å². The molecule has 1 amide bonds. The van der Waals surface area contributed by atoms with E-state index in [4.69, 9.17) is 5.73 Å². The highest BCUT2D eigenvalue weighted by atomic mass is 16.2. The summed E-state index contributed by atoms with van der Waals surface area (Å²) in [5.74, 6) is 0.205. The van der Waals surface area contributed by atoms with Crippen molar-refractivity contribution in [3.05, 3.63) is 0 Å². The van der Waals surface area contributed by atoms with Gasteiger partial charge in [-0.25, -0.2) is 0 Å². The second-order valence-corrected chi connectivity index (χ2v) is 5.32. The van der Waals surface area contributed by atoms with Crippen LogP contribution in [0.25, 0.3) is 0 Å². The lowest BCUT2D eigenvalue weighted by atomic mass is 9.84. The van der Waals surface area contributed by atoms with Crippen molar-refractivity contribution in [1.29, 1.82) is 0 Å². The van der Waals surface area contributed by atoms with Gasteiger partial charge in [-0.1, -0.05) is 13.3 Å². The Bertz CT molecular complexity index is 261. The van der Waals surface area contributed by atoms with E-state index in [0.717, 1.165) is 51.7 Å². The highest BCUT2D eigenvalue weighted by Gasteiger charge is 2.43. The average Bonchev–Trinajstić information content (AvgIpc) is 2.39. The summed E-state index contributed by atoms with van der Waals surface area (Å²) >= 11 is 0. The van der Waals surface area contributed by atoms with Crippen molar-refractivity contribution >= 4 is 5.91 Å². The topological polar surface area (TPSA) is 58.4 Å². The van der Waals surface area contributed by atoms with Crippen LogP contribution >= 0.6 is 0 Å². The smallest absolute Gasteiger partial charge is 0.237 e. The minimum absolute atomic E-state index is 0.0265.